The molecule has 172 valence electrons. The van der Waals surface area contributed by atoms with E-state index in [4.69, 9.17) is 15.6 Å². The van der Waals surface area contributed by atoms with Gasteiger partial charge in [0.05, 0.1) is 12.2 Å². The van der Waals surface area contributed by atoms with E-state index in [1.54, 1.807) is 24.3 Å². The lowest BCUT2D eigenvalue weighted by molar-refractivity contribution is 0.201. The van der Waals surface area contributed by atoms with Gasteiger partial charge in [-0.1, -0.05) is 38.1 Å². The van der Waals surface area contributed by atoms with Crippen molar-refractivity contribution in [1.82, 2.24) is 9.97 Å². The number of hydrogen-bond acceptors (Lipinski definition) is 7. The van der Waals surface area contributed by atoms with Crippen LogP contribution in [0.1, 0.15) is 30.5 Å². The summed E-state index contributed by atoms with van der Waals surface area (Å²) in [5.74, 6) is 1.26. The molecule has 0 amide bonds. The van der Waals surface area contributed by atoms with Crippen LogP contribution in [-0.2, 0) is 5.75 Å². The number of rotatable bonds is 7. The third-order valence-corrected chi connectivity index (χ3v) is 5.99. The Hall–Kier alpha value is -3.98. The smallest absolute Gasteiger partial charge is 0.143 e. The Morgan fingerprint density at radius 2 is 1.79 bits per heavy atom. The average molecular weight is 472 g/mol. The van der Waals surface area contributed by atoms with Gasteiger partial charge in [0.15, 0.2) is 0 Å². The third kappa shape index (κ3) is 5.15. The standard InChI is InChI=1S/C24H19N5O2S.C2H6/c25-12-19-22(15-4-6-17(7-5-15)31-11-10-30)20(13-26)24(29-23(19)27)32-14-16-2-1-3-21-18(16)8-9-28-21;1-2/h1-9,28,30H,10-11,14H2,(H2,27,29);1-2H3. The highest BCUT2D eigenvalue weighted by Crippen LogP contribution is 2.37. The van der Waals surface area contributed by atoms with Crippen molar-refractivity contribution in [2.24, 2.45) is 0 Å². The van der Waals surface area contributed by atoms with E-state index in [0.29, 0.717) is 33.2 Å². The maximum absolute atomic E-state index is 9.97. The van der Waals surface area contributed by atoms with Gasteiger partial charge in [0.25, 0.3) is 0 Å². The van der Waals surface area contributed by atoms with E-state index in [1.807, 2.05) is 44.3 Å². The van der Waals surface area contributed by atoms with Gasteiger partial charge in [0, 0.05) is 28.4 Å². The summed E-state index contributed by atoms with van der Waals surface area (Å²) in [4.78, 5) is 7.57. The highest BCUT2D eigenvalue weighted by molar-refractivity contribution is 7.98. The number of hydrogen-bond donors (Lipinski definition) is 3. The molecule has 0 fully saturated rings. The number of anilines is 1. The first kappa shape index (κ1) is 24.7. The van der Waals surface area contributed by atoms with Crippen molar-refractivity contribution in [3.63, 3.8) is 0 Å². The molecule has 0 aliphatic rings. The van der Waals surface area contributed by atoms with E-state index in [1.165, 1.54) is 11.8 Å². The van der Waals surface area contributed by atoms with Crippen LogP contribution in [-0.4, -0.2) is 28.3 Å². The number of H-pyrrole nitrogens is 1. The molecule has 8 heteroatoms. The van der Waals surface area contributed by atoms with Gasteiger partial charge in [-0.05, 0) is 35.4 Å². The van der Waals surface area contributed by atoms with Gasteiger partial charge in [-0.3, -0.25) is 0 Å². The van der Waals surface area contributed by atoms with Crippen LogP contribution in [0.2, 0.25) is 0 Å². The Balaban J connectivity index is 0.00000158. The van der Waals surface area contributed by atoms with E-state index in [9.17, 15) is 10.5 Å². The van der Waals surface area contributed by atoms with Crippen molar-refractivity contribution in [3.05, 3.63) is 71.4 Å². The average Bonchev–Trinajstić information content (AvgIpc) is 3.37. The van der Waals surface area contributed by atoms with E-state index in [2.05, 4.69) is 22.1 Å². The fourth-order valence-corrected chi connectivity index (χ4v) is 4.49. The molecule has 0 saturated heterocycles. The molecule has 34 heavy (non-hydrogen) atoms. The number of benzene rings is 2. The molecule has 4 N–H and O–H groups in total. The summed E-state index contributed by atoms with van der Waals surface area (Å²) in [6.07, 6.45) is 1.89. The van der Waals surface area contributed by atoms with Crippen LogP contribution >= 0.6 is 11.8 Å². The summed E-state index contributed by atoms with van der Waals surface area (Å²) in [6.45, 7) is 4.10. The van der Waals surface area contributed by atoms with Crippen LogP contribution in [0.4, 0.5) is 5.82 Å². The van der Waals surface area contributed by atoms with Gasteiger partial charge in [-0.2, -0.15) is 10.5 Å². The van der Waals surface area contributed by atoms with Crippen LogP contribution < -0.4 is 10.5 Å². The Bertz CT molecular complexity index is 1350. The molecule has 2 aromatic heterocycles. The van der Waals surface area contributed by atoms with Crippen molar-refractivity contribution in [2.45, 2.75) is 24.6 Å². The fourth-order valence-electron chi connectivity index (χ4n) is 3.50. The number of fused-ring (bicyclic) bond motifs is 1. The molecule has 4 rings (SSSR count). The number of aliphatic hydroxyl groups excluding tert-OH is 1. The maximum atomic E-state index is 9.97. The van der Waals surface area contributed by atoms with Gasteiger partial charge in [0.1, 0.15) is 40.9 Å². The zero-order valence-corrected chi connectivity index (χ0v) is 19.8. The van der Waals surface area contributed by atoms with Gasteiger partial charge < -0.3 is 20.6 Å². The molecule has 0 unspecified atom stereocenters. The maximum Gasteiger partial charge on any atom is 0.143 e. The van der Waals surface area contributed by atoms with Crippen LogP contribution in [0, 0.1) is 22.7 Å². The summed E-state index contributed by atoms with van der Waals surface area (Å²) >= 11 is 1.41. The second-order valence-electron chi connectivity index (χ2n) is 6.89. The monoisotopic (exact) mass is 471 g/mol. The number of nitrogen functional groups attached to an aromatic ring is 1. The first-order chi connectivity index (χ1) is 16.7. The normalized spacial score (nSPS) is 10.1. The van der Waals surface area contributed by atoms with Crippen molar-refractivity contribution in [1.29, 1.82) is 10.5 Å². The van der Waals surface area contributed by atoms with Gasteiger partial charge in [0.2, 0.25) is 0 Å². The molecule has 0 atom stereocenters. The molecule has 7 nitrogen and oxygen atoms in total. The molecule has 2 aromatic carbocycles. The topological polar surface area (TPSA) is 132 Å². The molecule has 0 aliphatic carbocycles. The number of nitriles is 2. The predicted octanol–water partition coefficient (Wildman–Crippen LogP) is 5.25. The lowest BCUT2D eigenvalue weighted by Crippen LogP contribution is -2.04. The molecule has 2 heterocycles. The Kier molecular flexibility index (Phi) is 8.53. The Morgan fingerprint density at radius 1 is 1.06 bits per heavy atom. The second-order valence-corrected chi connectivity index (χ2v) is 7.86. The minimum Gasteiger partial charge on any atom is -0.491 e. The minimum absolute atomic E-state index is 0.0864. The van der Waals surface area contributed by atoms with Crippen molar-refractivity contribution < 1.29 is 9.84 Å². The van der Waals surface area contributed by atoms with Gasteiger partial charge >= 0.3 is 0 Å². The van der Waals surface area contributed by atoms with Crippen LogP contribution in [0.5, 0.6) is 5.75 Å². The molecular formula is C26H25N5O2S. The summed E-state index contributed by atoms with van der Waals surface area (Å²) in [5, 5.41) is 30.2. The Morgan fingerprint density at radius 3 is 2.47 bits per heavy atom. The third-order valence-electron chi connectivity index (χ3n) is 4.97. The van der Waals surface area contributed by atoms with Crippen LogP contribution in [0.15, 0.2) is 59.8 Å². The summed E-state index contributed by atoms with van der Waals surface area (Å²) in [7, 11) is 0. The lowest BCUT2D eigenvalue weighted by Gasteiger charge is -2.14. The number of pyridine rings is 1. The van der Waals surface area contributed by atoms with Crippen LogP contribution in [0.3, 0.4) is 0 Å². The van der Waals surface area contributed by atoms with Gasteiger partial charge in [-0.25, -0.2) is 4.98 Å². The number of ether oxygens (including phenoxy) is 1. The molecular weight excluding hydrogens is 446 g/mol. The second kappa shape index (κ2) is 11.8. The van der Waals surface area contributed by atoms with Gasteiger partial charge in [-0.15, -0.1) is 11.8 Å². The predicted molar refractivity (Wildman–Crippen MR) is 135 cm³/mol. The SMILES string of the molecule is CC.N#Cc1c(N)nc(SCc2cccc3[nH]ccc23)c(C#N)c1-c1ccc(OCCO)cc1. The molecule has 0 bridgehead atoms. The van der Waals surface area contributed by atoms with Crippen molar-refractivity contribution in [2.75, 3.05) is 18.9 Å². The zero-order valence-electron chi connectivity index (χ0n) is 19.0. The van der Waals surface area contributed by atoms with E-state index < -0.39 is 0 Å². The number of aliphatic hydroxyl groups is 1. The highest BCUT2D eigenvalue weighted by atomic mass is 32.2. The van der Waals surface area contributed by atoms with E-state index in [0.717, 1.165) is 16.5 Å². The zero-order chi connectivity index (χ0) is 24.5. The van der Waals surface area contributed by atoms with Crippen LogP contribution in [0.25, 0.3) is 22.0 Å². The fraction of sp³-hybridized carbons (Fsp3) is 0.192. The summed E-state index contributed by atoms with van der Waals surface area (Å²) in [6, 6.07) is 19.3. The quantitative estimate of drug-likeness (QED) is 0.314. The van der Waals surface area contributed by atoms with Crippen molar-refractivity contribution >= 4 is 28.5 Å². The molecule has 0 spiro atoms. The largest absolute Gasteiger partial charge is 0.491 e. The number of nitrogens with two attached hydrogens (primary N) is 1. The number of aromatic nitrogens is 2. The van der Waals surface area contributed by atoms with E-state index >= 15 is 0 Å². The Labute approximate surface area is 202 Å². The van der Waals surface area contributed by atoms with Crippen molar-refractivity contribution in [3.8, 4) is 29.0 Å². The molecule has 0 aliphatic heterocycles. The number of aromatic amines is 1. The first-order valence-electron chi connectivity index (χ1n) is 10.8. The number of nitrogens with zero attached hydrogens (tertiary/aromatic N) is 3. The first-order valence-corrected chi connectivity index (χ1v) is 11.8. The summed E-state index contributed by atoms with van der Waals surface area (Å²) in [5.41, 5.74) is 9.87. The molecule has 0 radical (unpaired) electrons. The number of nitrogens with one attached hydrogen (secondary N) is 1. The minimum atomic E-state index is -0.0864. The van der Waals surface area contributed by atoms with E-state index in [-0.39, 0.29) is 24.6 Å². The highest BCUT2D eigenvalue weighted by Gasteiger charge is 2.21. The number of thioether (sulfide) groups is 1. The summed E-state index contributed by atoms with van der Waals surface area (Å²) < 4.78 is 5.40. The lowest BCUT2D eigenvalue weighted by atomic mass is 9.97. The molecule has 4 aromatic rings. The molecule has 0 saturated carbocycles.